The third-order valence-corrected chi connectivity index (χ3v) is 5.99. The summed E-state index contributed by atoms with van der Waals surface area (Å²) < 4.78 is 27.0. The second-order valence-corrected chi connectivity index (χ2v) is 8.76. The molecule has 0 spiro atoms. The van der Waals surface area contributed by atoms with E-state index in [4.69, 9.17) is 0 Å². The van der Waals surface area contributed by atoms with Crippen LogP contribution in [-0.4, -0.2) is 44.2 Å². The van der Waals surface area contributed by atoms with Crippen LogP contribution in [0.1, 0.15) is 45.1 Å². The maximum absolute atomic E-state index is 12.9. The van der Waals surface area contributed by atoms with Crippen LogP contribution in [0.4, 0.5) is 0 Å². The fraction of sp³-hybridized carbons (Fsp3) is 0.556. The zero-order valence-electron chi connectivity index (χ0n) is 14.7. The lowest BCUT2D eigenvalue weighted by Gasteiger charge is -2.29. The van der Waals surface area contributed by atoms with Gasteiger partial charge in [-0.25, -0.2) is 8.42 Å². The number of nitrogens with zero attached hydrogens (tertiary/aromatic N) is 2. The zero-order chi connectivity index (χ0) is 18.0. The third kappa shape index (κ3) is 3.86. The third-order valence-electron chi connectivity index (χ3n) is 4.60. The highest BCUT2D eigenvalue weighted by Gasteiger charge is 2.33. The van der Waals surface area contributed by atoms with E-state index in [-0.39, 0.29) is 22.6 Å². The van der Waals surface area contributed by atoms with Gasteiger partial charge >= 0.3 is 0 Å². The first-order chi connectivity index (χ1) is 11.9. The summed E-state index contributed by atoms with van der Waals surface area (Å²) in [4.78, 5) is 19.6. The largest absolute Gasteiger partial charge is 0.341 e. The minimum atomic E-state index is -3.59. The topological polar surface area (TPSA) is 78.8 Å². The number of piperidine rings is 1. The molecule has 0 radical (unpaired) electrons. The molecule has 1 unspecified atom stereocenters. The lowest BCUT2D eigenvalue weighted by atomic mass is 10.0. The van der Waals surface area contributed by atoms with Crippen LogP contribution < -0.4 is 4.72 Å². The minimum absolute atomic E-state index is 0.00415. The number of hydrogen-bond acceptors (Lipinski definition) is 4. The number of sulfonamides is 1. The van der Waals surface area contributed by atoms with Crippen molar-refractivity contribution in [3.05, 3.63) is 29.8 Å². The predicted molar refractivity (Wildman–Crippen MR) is 97.0 cm³/mol. The first-order valence-electron chi connectivity index (χ1n) is 8.87. The van der Waals surface area contributed by atoms with Crippen LogP contribution in [0.25, 0.3) is 0 Å². The monoisotopic (exact) mass is 363 g/mol. The lowest BCUT2D eigenvalue weighted by molar-refractivity contribution is -0.133. The van der Waals surface area contributed by atoms with Gasteiger partial charge in [0, 0.05) is 18.7 Å². The number of amidine groups is 1. The maximum Gasteiger partial charge on any atom is 0.263 e. The number of hydrogen-bond donors (Lipinski definition) is 1. The van der Waals surface area contributed by atoms with E-state index >= 15 is 0 Å². The number of rotatable bonds is 4. The normalized spacial score (nSPS) is 21.9. The number of aliphatic imine (C=N–C) groups is 1. The van der Waals surface area contributed by atoms with Crippen LogP contribution in [-0.2, 0) is 14.8 Å². The van der Waals surface area contributed by atoms with Crippen LogP contribution in [0.5, 0.6) is 0 Å². The van der Waals surface area contributed by atoms with Crippen LogP contribution in [0.2, 0.25) is 0 Å². The Bertz CT molecular complexity index is 781. The second-order valence-electron chi connectivity index (χ2n) is 7.11. The number of carbonyl (C=O) groups is 1. The number of carbonyl (C=O) groups excluding carboxylic acids is 1. The summed E-state index contributed by atoms with van der Waals surface area (Å²) >= 11 is 0. The maximum atomic E-state index is 12.9. The van der Waals surface area contributed by atoms with E-state index in [9.17, 15) is 13.2 Å². The van der Waals surface area contributed by atoms with Gasteiger partial charge in [-0.05, 0) is 43.7 Å². The SMILES string of the molecule is CC(C)CC(N=C1NS(=O)(=O)c2ccccc21)C(=O)N1CCCCC1. The molecule has 1 aromatic carbocycles. The van der Waals surface area contributed by atoms with Gasteiger partial charge in [0.1, 0.15) is 11.9 Å². The average molecular weight is 363 g/mol. The van der Waals surface area contributed by atoms with E-state index in [0.717, 1.165) is 32.4 Å². The van der Waals surface area contributed by atoms with Crippen molar-refractivity contribution in [2.75, 3.05) is 13.1 Å². The molecule has 0 bridgehead atoms. The highest BCUT2D eigenvalue weighted by atomic mass is 32.2. The van der Waals surface area contributed by atoms with Gasteiger partial charge in [-0.2, -0.15) is 0 Å². The molecule has 0 aromatic heterocycles. The summed E-state index contributed by atoms with van der Waals surface area (Å²) in [5.41, 5.74) is 0.544. The van der Waals surface area contributed by atoms with Gasteiger partial charge in [-0.1, -0.05) is 26.0 Å². The van der Waals surface area contributed by atoms with Crippen LogP contribution >= 0.6 is 0 Å². The number of likely N-dealkylation sites (tertiary alicyclic amines) is 1. The van der Waals surface area contributed by atoms with E-state index in [0.29, 0.717) is 12.0 Å². The molecule has 1 atom stereocenters. The van der Waals surface area contributed by atoms with Gasteiger partial charge in [-0.3, -0.25) is 14.5 Å². The molecule has 6 nitrogen and oxygen atoms in total. The zero-order valence-corrected chi connectivity index (χ0v) is 15.6. The summed E-state index contributed by atoms with van der Waals surface area (Å²) in [5.74, 6) is 0.576. The van der Waals surface area contributed by atoms with Crippen molar-refractivity contribution in [1.29, 1.82) is 0 Å². The predicted octanol–water partition coefficient (Wildman–Crippen LogP) is 2.15. The van der Waals surface area contributed by atoms with Crippen LogP contribution in [0, 0.1) is 5.92 Å². The Labute approximate surface area is 149 Å². The molecule has 3 rings (SSSR count). The molecule has 7 heteroatoms. The van der Waals surface area contributed by atoms with Crippen molar-refractivity contribution in [3.8, 4) is 0 Å². The fourth-order valence-corrected chi connectivity index (χ4v) is 4.60. The average Bonchev–Trinajstić information content (AvgIpc) is 2.85. The van der Waals surface area contributed by atoms with Crippen molar-refractivity contribution >= 4 is 21.8 Å². The molecule has 1 fully saturated rings. The van der Waals surface area contributed by atoms with Gasteiger partial charge in [0.15, 0.2) is 0 Å². The van der Waals surface area contributed by atoms with Gasteiger partial charge in [-0.15, -0.1) is 0 Å². The summed E-state index contributed by atoms with van der Waals surface area (Å²) in [6.07, 6.45) is 3.79. The van der Waals surface area contributed by atoms with Crippen molar-refractivity contribution < 1.29 is 13.2 Å². The van der Waals surface area contributed by atoms with Crippen molar-refractivity contribution in [2.24, 2.45) is 10.9 Å². The minimum Gasteiger partial charge on any atom is -0.341 e. The summed E-state index contributed by atoms with van der Waals surface area (Å²) in [6, 6.07) is 6.20. The summed E-state index contributed by atoms with van der Waals surface area (Å²) in [5, 5.41) is 0. The molecule has 2 heterocycles. The van der Waals surface area contributed by atoms with Crippen LogP contribution in [0.15, 0.2) is 34.2 Å². The smallest absolute Gasteiger partial charge is 0.263 e. The van der Waals surface area contributed by atoms with Gasteiger partial charge in [0.2, 0.25) is 5.91 Å². The Morgan fingerprint density at radius 3 is 2.56 bits per heavy atom. The Balaban J connectivity index is 1.92. The lowest BCUT2D eigenvalue weighted by Crippen LogP contribution is -2.42. The molecule has 2 aliphatic rings. The second kappa shape index (κ2) is 7.15. The Hall–Kier alpha value is -1.89. The molecule has 1 N–H and O–H groups in total. The molecule has 1 aromatic rings. The molecular weight excluding hydrogens is 338 g/mol. The van der Waals surface area contributed by atoms with Gasteiger partial charge in [0.05, 0.1) is 4.90 Å². The summed E-state index contributed by atoms with van der Waals surface area (Å²) in [6.45, 7) is 5.62. The number of benzene rings is 1. The van der Waals surface area contributed by atoms with Crippen molar-refractivity contribution in [2.45, 2.75) is 50.5 Å². The molecule has 2 aliphatic heterocycles. The molecule has 0 saturated carbocycles. The molecule has 25 heavy (non-hydrogen) atoms. The molecular formula is C18H25N3O3S. The Morgan fingerprint density at radius 2 is 1.88 bits per heavy atom. The first-order valence-corrected chi connectivity index (χ1v) is 10.4. The van der Waals surface area contributed by atoms with E-state index in [1.165, 1.54) is 0 Å². The first kappa shape index (κ1) is 17.9. The van der Waals surface area contributed by atoms with E-state index in [1.54, 1.807) is 24.3 Å². The number of amides is 1. The van der Waals surface area contributed by atoms with Crippen LogP contribution in [0.3, 0.4) is 0 Å². The molecule has 136 valence electrons. The van der Waals surface area contributed by atoms with E-state index in [2.05, 4.69) is 9.71 Å². The van der Waals surface area contributed by atoms with Gasteiger partial charge in [0.25, 0.3) is 10.0 Å². The van der Waals surface area contributed by atoms with E-state index in [1.807, 2.05) is 18.7 Å². The van der Waals surface area contributed by atoms with Gasteiger partial charge < -0.3 is 4.90 Å². The highest BCUT2D eigenvalue weighted by Crippen LogP contribution is 2.24. The van der Waals surface area contributed by atoms with Crippen molar-refractivity contribution in [3.63, 3.8) is 0 Å². The molecule has 1 amide bonds. The molecule has 1 saturated heterocycles. The summed E-state index contributed by atoms with van der Waals surface area (Å²) in [7, 11) is -3.59. The standard InChI is InChI=1S/C18H25N3O3S/c1-13(2)12-15(18(22)21-10-6-3-7-11-21)19-17-14-8-4-5-9-16(14)25(23,24)20-17/h4-5,8-9,13,15H,3,6-7,10-12H2,1-2H3,(H,19,20). The number of fused-ring (bicyclic) bond motifs is 1. The quantitative estimate of drug-likeness (QED) is 0.890. The van der Waals surface area contributed by atoms with E-state index < -0.39 is 16.1 Å². The Kier molecular flexibility index (Phi) is 5.13. The number of nitrogens with one attached hydrogen (secondary N) is 1. The highest BCUT2D eigenvalue weighted by molar-refractivity contribution is 7.90. The fourth-order valence-electron chi connectivity index (χ4n) is 3.37. The Morgan fingerprint density at radius 1 is 1.20 bits per heavy atom. The molecule has 0 aliphatic carbocycles. The van der Waals surface area contributed by atoms with Crippen molar-refractivity contribution in [1.82, 2.24) is 9.62 Å².